The third-order valence-corrected chi connectivity index (χ3v) is 7.83. The summed E-state index contributed by atoms with van der Waals surface area (Å²) in [6.45, 7) is 4.85. The largest absolute Gasteiger partial charge is 0.508 e. The van der Waals surface area contributed by atoms with Crippen LogP contribution in [-0.4, -0.2) is 88.7 Å². The monoisotopic (exact) mass is 582 g/mol. The summed E-state index contributed by atoms with van der Waals surface area (Å²) in [6.07, 6.45) is 1.18. The zero-order chi connectivity index (χ0) is 30.5. The quantitative estimate of drug-likeness (QED) is 0.376. The molecule has 4 amide bonds. The zero-order valence-corrected chi connectivity index (χ0v) is 24.6. The van der Waals surface area contributed by atoms with Crippen molar-refractivity contribution in [2.24, 2.45) is 0 Å². The lowest BCUT2D eigenvalue weighted by atomic mass is 9.98. The maximum atomic E-state index is 14.1. The van der Waals surface area contributed by atoms with Gasteiger partial charge in [0.05, 0.1) is 13.1 Å². The molecule has 224 valence electrons. The Balaban J connectivity index is 1.50. The van der Waals surface area contributed by atoms with E-state index in [2.05, 4.69) is 11.9 Å². The van der Waals surface area contributed by atoms with E-state index in [1.165, 1.54) is 0 Å². The van der Waals surface area contributed by atoms with Gasteiger partial charge >= 0.3 is 6.03 Å². The molecule has 2 fully saturated rings. The summed E-state index contributed by atoms with van der Waals surface area (Å²) in [4.78, 5) is 47.0. The molecule has 0 aliphatic carbocycles. The minimum atomic E-state index is -0.830. The van der Waals surface area contributed by atoms with Crippen molar-refractivity contribution in [1.82, 2.24) is 25.1 Å². The molecule has 3 aromatic rings. The predicted molar refractivity (Wildman–Crippen MR) is 165 cm³/mol. The number of carbonyl (C=O) groups is 3. The van der Waals surface area contributed by atoms with Crippen molar-refractivity contribution in [3.63, 3.8) is 0 Å². The number of aromatic hydroxyl groups is 1. The molecule has 43 heavy (non-hydrogen) atoms. The van der Waals surface area contributed by atoms with Crippen LogP contribution in [0.3, 0.4) is 0 Å². The SMILES string of the molecule is C=CCN1CC(=O)N2[C@@H](Cc3ccc(O)cc3)C(=O)N(Cc3cccc(N(C)C)c3)C[C@@H]2N1C(=O)NCc1ccccc1. The molecule has 2 N–H and O–H groups in total. The number of rotatable bonds is 9. The van der Waals surface area contributed by atoms with Crippen molar-refractivity contribution >= 4 is 23.5 Å². The van der Waals surface area contributed by atoms with Crippen LogP contribution < -0.4 is 10.2 Å². The van der Waals surface area contributed by atoms with Gasteiger partial charge in [-0.3, -0.25) is 9.59 Å². The van der Waals surface area contributed by atoms with Crippen LogP contribution in [0, 0.1) is 0 Å². The Hall–Kier alpha value is -4.83. The molecule has 2 saturated heterocycles. The molecule has 0 bridgehead atoms. The van der Waals surface area contributed by atoms with Crippen LogP contribution in [0.4, 0.5) is 10.5 Å². The van der Waals surface area contributed by atoms with Crippen LogP contribution in [0.25, 0.3) is 0 Å². The van der Waals surface area contributed by atoms with E-state index in [-0.39, 0.29) is 49.7 Å². The normalized spacial score (nSPS) is 18.8. The highest BCUT2D eigenvalue weighted by Crippen LogP contribution is 2.30. The third kappa shape index (κ3) is 6.65. The Morgan fingerprint density at radius 3 is 2.42 bits per heavy atom. The Morgan fingerprint density at radius 2 is 1.72 bits per heavy atom. The number of urea groups is 1. The standard InChI is InChI=1S/C33H38N6O4/c1-4-17-37-23-31(41)38-29(19-24-13-15-28(40)16-14-24)32(42)36(21-26-11-8-12-27(18-26)35(2)3)22-30(38)39(37)33(43)34-20-25-9-6-5-7-10-25/h4-16,18,29-30,40H,1,17,19-23H2,2-3H3,(H,34,43)/t29-,30-/m0/s1. The van der Waals surface area contributed by atoms with E-state index in [0.29, 0.717) is 13.1 Å². The number of nitrogens with one attached hydrogen (secondary N) is 1. The number of piperazine rings is 1. The van der Waals surface area contributed by atoms with Gasteiger partial charge in [0.15, 0.2) is 0 Å². The van der Waals surface area contributed by atoms with Crippen LogP contribution in [0.1, 0.15) is 16.7 Å². The first-order valence-electron chi connectivity index (χ1n) is 14.4. The van der Waals surface area contributed by atoms with Gasteiger partial charge in [-0.1, -0.05) is 60.7 Å². The van der Waals surface area contributed by atoms with Crippen molar-refractivity contribution in [1.29, 1.82) is 0 Å². The lowest BCUT2D eigenvalue weighted by Crippen LogP contribution is -2.76. The Bertz CT molecular complexity index is 1460. The Labute approximate surface area is 252 Å². The van der Waals surface area contributed by atoms with E-state index >= 15 is 0 Å². The summed E-state index contributed by atoms with van der Waals surface area (Å²) < 4.78 is 0. The summed E-state index contributed by atoms with van der Waals surface area (Å²) in [6, 6.07) is 23.0. The van der Waals surface area contributed by atoms with E-state index in [9.17, 15) is 19.5 Å². The van der Waals surface area contributed by atoms with Gasteiger partial charge in [-0.15, -0.1) is 6.58 Å². The van der Waals surface area contributed by atoms with E-state index in [0.717, 1.165) is 22.4 Å². The molecule has 5 rings (SSSR count). The van der Waals surface area contributed by atoms with Crippen LogP contribution in [0.15, 0.2) is 91.5 Å². The molecule has 2 aliphatic heterocycles. The molecular formula is C33H38N6O4. The van der Waals surface area contributed by atoms with Crippen molar-refractivity contribution in [3.8, 4) is 5.75 Å². The molecular weight excluding hydrogens is 544 g/mol. The fraction of sp³-hybridized carbons (Fsp3) is 0.303. The van der Waals surface area contributed by atoms with Gasteiger partial charge in [-0.25, -0.2) is 14.8 Å². The average molecular weight is 583 g/mol. The summed E-state index contributed by atoms with van der Waals surface area (Å²) in [5.74, 6) is -0.297. The highest BCUT2D eigenvalue weighted by Gasteiger charge is 2.51. The second-order valence-electron chi connectivity index (χ2n) is 11.1. The van der Waals surface area contributed by atoms with Crippen LogP contribution in [0.5, 0.6) is 5.75 Å². The minimum absolute atomic E-state index is 0.0640. The highest BCUT2D eigenvalue weighted by atomic mass is 16.3. The highest BCUT2D eigenvalue weighted by molar-refractivity contribution is 5.91. The number of hydrazine groups is 1. The average Bonchev–Trinajstić information content (AvgIpc) is 3.00. The Morgan fingerprint density at radius 1 is 1.00 bits per heavy atom. The summed E-state index contributed by atoms with van der Waals surface area (Å²) in [5.41, 5.74) is 3.70. The summed E-state index contributed by atoms with van der Waals surface area (Å²) >= 11 is 0. The second kappa shape index (κ2) is 13.0. The van der Waals surface area contributed by atoms with Gasteiger partial charge in [0.2, 0.25) is 11.8 Å². The van der Waals surface area contributed by atoms with E-state index in [1.807, 2.05) is 73.6 Å². The van der Waals surface area contributed by atoms with Gasteiger partial charge < -0.3 is 25.1 Å². The molecule has 0 spiro atoms. The molecule has 2 heterocycles. The van der Waals surface area contributed by atoms with E-state index < -0.39 is 12.2 Å². The third-order valence-electron chi connectivity index (χ3n) is 7.83. The smallest absolute Gasteiger partial charge is 0.334 e. The van der Waals surface area contributed by atoms with E-state index in [1.54, 1.807) is 50.2 Å². The zero-order valence-electron chi connectivity index (χ0n) is 24.6. The maximum absolute atomic E-state index is 14.1. The fourth-order valence-electron chi connectivity index (χ4n) is 5.71. The summed E-state index contributed by atoms with van der Waals surface area (Å²) in [7, 11) is 3.93. The van der Waals surface area contributed by atoms with Crippen molar-refractivity contribution in [2.45, 2.75) is 31.7 Å². The van der Waals surface area contributed by atoms with Gasteiger partial charge in [-0.2, -0.15) is 0 Å². The van der Waals surface area contributed by atoms with Crippen molar-refractivity contribution in [2.75, 3.05) is 38.6 Å². The number of hydrogen-bond donors (Lipinski definition) is 2. The minimum Gasteiger partial charge on any atom is -0.508 e. The lowest BCUT2D eigenvalue weighted by molar-refractivity contribution is -0.189. The topological polar surface area (TPSA) is 99.7 Å². The number of carbonyl (C=O) groups excluding carboxylic acids is 3. The molecule has 0 unspecified atom stereocenters. The number of phenols is 1. The molecule has 10 nitrogen and oxygen atoms in total. The molecule has 0 radical (unpaired) electrons. The number of hydrogen-bond acceptors (Lipinski definition) is 6. The number of nitrogens with zero attached hydrogens (tertiary/aromatic N) is 5. The van der Waals surface area contributed by atoms with Crippen molar-refractivity contribution in [3.05, 3.63) is 108 Å². The Kier molecular flexibility index (Phi) is 8.96. The van der Waals surface area contributed by atoms with Crippen LogP contribution >= 0.6 is 0 Å². The number of benzene rings is 3. The molecule has 10 heteroatoms. The predicted octanol–water partition coefficient (Wildman–Crippen LogP) is 3.19. The van der Waals surface area contributed by atoms with E-state index in [4.69, 9.17) is 0 Å². The number of amides is 4. The van der Waals surface area contributed by atoms with Crippen LogP contribution in [0.2, 0.25) is 0 Å². The number of fused-ring (bicyclic) bond motifs is 1. The molecule has 0 aromatic heterocycles. The first-order chi connectivity index (χ1) is 20.7. The summed E-state index contributed by atoms with van der Waals surface area (Å²) in [5, 5.41) is 16.1. The maximum Gasteiger partial charge on any atom is 0.334 e. The molecule has 2 atom stereocenters. The van der Waals surface area contributed by atoms with Crippen LogP contribution in [-0.2, 0) is 29.1 Å². The number of anilines is 1. The lowest BCUT2D eigenvalue weighted by Gasteiger charge is -2.55. The molecule has 0 saturated carbocycles. The van der Waals surface area contributed by atoms with Gasteiger partial charge in [0.1, 0.15) is 18.0 Å². The first kappa shape index (κ1) is 29.7. The van der Waals surface area contributed by atoms with Gasteiger partial charge in [0, 0.05) is 45.8 Å². The number of phenolic OH excluding ortho intramolecular Hbond substituents is 1. The molecule has 3 aromatic carbocycles. The first-order valence-corrected chi connectivity index (χ1v) is 14.4. The van der Waals surface area contributed by atoms with Gasteiger partial charge in [-0.05, 0) is 41.0 Å². The molecule has 2 aliphatic rings. The van der Waals surface area contributed by atoms with Crippen molar-refractivity contribution < 1.29 is 19.5 Å². The fourth-order valence-corrected chi connectivity index (χ4v) is 5.71. The van der Waals surface area contributed by atoms with Gasteiger partial charge in [0.25, 0.3) is 0 Å². The second-order valence-corrected chi connectivity index (χ2v) is 11.1.